The molecule has 0 aliphatic rings. The summed E-state index contributed by atoms with van der Waals surface area (Å²) in [5.74, 6) is 0. The molecular weight excluding hydrogens is 160 g/mol. The Morgan fingerprint density at radius 2 is 2.27 bits per heavy atom. The van der Waals surface area contributed by atoms with Crippen LogP contribution in [0.1, 0.15) is 5.56 Å². The molecule has 0 atom stereocenters. The lowest BCUT2D eigenvalue weighted by atomic mass is 10.2. The molecule has 0 bridgehead atoms. The van der Waals surface area contributed by atoms with Crippen molar-refractivity contribution < 1.29 is 0 Å². The lowest BCUT2D eigenvalue weighted by Crippen LogP contribution is -1.94. The molecule has 0 amide bonds. The lowest BCUT2D eigenvalue weighted by molar-refractivity contribution is 1.47. The van der Waals surface area contributed by atoms with Gasteiger partial charge in [0.25, 0.3) is 0 Å². The number of nitrogens with one attached hydrogen (secondary N) is 2. The zero-order valence-electron chi connectivity index (χ0n) is 6.19. The topological polar surface area (TPSA) is 35.9 Å². The summed E-state index contributed by atoms with van der Waals surface area (Å²) in [6.45, 7) is 0. The molecule has 0 aromatic heterocycles. The Morgan fingerprint density at radius 3 is 2.73 bits per heavy atom. The van der Waals surface area contributed by atoms with Gasteiger partial charge in [0.2, 0.25) is 0 Å². The van der Waals surface area contributed by atoms with Crippen molar-refractivity contribution in [3.8, 4) is 0 Å². The third kappa shape index (κ3) is 1.52. The number of benzene rings is 1. The van der Waals surface area contributed by atoms with Crippen molar-refractivity contribution in [1.82, 2.24) is 0 Å². The largest absolute Gasteiger partial charge is 0.388 e. The molecule has 11 heavy (non-hydrogen) atoms. The second-order valence-corrected chi connectivity index (χ2v) is 2.50. The Morgan fingerprint density at radius 1 is 1.55 bits per heavy atom. The summed E-state index contributed by atoms with van der Waals surface area (Å²) in [6, 6.07) is 5.50. The molecule has 0 spiro atoms. The average Bonchev–Trinajstić information content (AvgIpc) is 2.04. The van der Waals surface area contributed by atoms with Crippen molar-refractivity contribution in [1.29, 1.82) is 5.41 Å². The molecule has 0 fully saturated rings. The fourth-order valence-electron chi connectivity index (χ4n) is 0.902. The summed E-state index contributed by atoms with van der Waals surface area (Å²) in [6.07, 6.45) is 1.24. The molecule has 1 aromatic carbocycles. The Balaban J connectivity index is 3.24. The average molecular weight is 169 g/mol. The maximum Gasteiger partial charge on any atom is 0.0514 e. The zero-order valence-corrected chi connectivity index (χ0v) is 6.94. The summed E-state index contributed by atoms with van der Waals surface area (Å²) < 4.78 is 0. The Bertz CT molecular complexity index is 271. The molecule has 2 N–H and O–H groups in total. The summed E-state index contributed by atoms with van der Waals surface area (Å²) in [7, 11) is 1.80. The number of halogens is 1. The van der Waals surface area contributed by atoms with Gasteiger partial charge < -0.3 is 10.7 Å². The van der Waals surface area contributed by atoms with Crippen LogP contribution in [0.4, 0.5) is 5.69 Å². The highest BCUT2D eigenvalue weighted by molar-refractivity contribution is 6.33. The van der Waals surface area contributed by atoms with Gasteiger partial charge in [-0.25, -0.2) is 0 Å². The van der Waals surface area contributed by atoms with E-state index in [1.807, 2.05) is 12.1 Å². The standard InChI is InChI=1S/C8H9ClN2/c1-11-8-4-2-3-7(9)6(8)5-10/h2-5,10-11H,1H3. The third-order valence-corrected chi connectivity index (χ3v) is 1.80. The Labute approximate surface area is 70.7 Å². The molecule has 1 rings (SSSR count). The molecule has 2 nitrogen and oxygen atoms in total. The third-order valence-electron chi connectivity index (χ3n) is 1.47. The first-order chi connectivity index (χ1) is 5.29. The predicted octanol–water partition coefficient (Wildman–Crippen LogP) is 2.38. The normalized spacial score (nSPS) is 9.27. The van der Waals surface area contributed by atoms with Crippen LogP contribution in [-0.2, 0) is 0 Å². The monoisotopic (exact) mass is 168 g/mol. The smallest absolute Gasteiger partial charge is 0.0514 e. The van der Waals surface area contributed by atoms with Crippen LogP contribution in [0.5, 0.6) is 0 Å². The zero-order chi connectivity index (χ0) is 8.27. The highest BCUT2D eigenvalue weighted by Crippen LogP contribution is 2.21. The number of hydrogen-bond acceptors (Lipinski definition) is 2. The molecule has 58 valence electrons. The van der Waals surface area contributed by atoms with Crippen LogP contribution >= 0.6 is 11.6 Å². The fourth-order valence-corrected chi connectivity index (χ4v) is 1.13. The molecule has 0 saturated heterocycles. The van der Waals surface area contributed by atoms with Gasteiger partial charge in [-0.1, -0.05) is 17.7 Å². The van der Waals surface area contributed by atoms with Gasteiger partial charge in [-0.3, -0.25) is 0 Å². The minimum absolute atomic E-state index is 0.604. The van der Waals surface area contributed by atoms with Gasteiger partial charge >= 0.3 is 0 Å². The summed E-state index contributed by atoms with van der Waals surface area (Å²) in [4.78, 5) is 0. The van der Waals surface area contributed by atoms with E-state index in [1.165, 1.54) is 6.21 Å². The van der Waals surface area contributed by atoms with Gasteiger partial charge in [-0.05, 0) is 12.1 Å². The van der Waals surface area contributed by atoms with E-state index in [2.05, 4.69) is 5.32 Å². The van der Waals surface area contributed by atoms with Gasteiger partial charge in [0.15, 0.2) is 0 Å². The van der Waals surface area contributed by atoms with Crippen molar-refractivity contribution in [3.63, 3.8) is 0 Å². The second kappa shape index (κ2) is 3.39. The van der Waals surface area contributed by atoms with Crippen molar-refractivity contribution in [2.75, 3.05) is 12.4 Å². The maximum atomic E-state index is 7.08. The summed E-state index contributed by atoms with van der Waals surface area (Å²) in [5, 5.41) is 10.6. The van der Waals surface area contributed by atoms with Crippen LogP contribution in [0.15, 0.2) is 18.2 Å². The van der Waals surface area contributed by atoms with E-state index in [0.717, 1.165) is 11.3 Å². The van der Waals surface area contributed by atoms with Gasteiger partial charge in [0, 0.05) is 24.5 Å². The second-order valence-electron chi connectivity index (χ2n) is 2.10. The SMILES string of the molecule is CNc1cccc(Cl)c1C=N. The number of hydrogen-bond donors (Lipinski definition) is 2. The van der Waals surface area contributed by atoms with E-state index >= 15 is 0 Å². The van der Waals surface area contributed by atoms with Crippen LogP contribution in [0, 0.1) is 5.41 Å². The van der Waals surface area contributed by atoms with Gasteiger partial charge in [0.05, 0.1) is 5.02 Å². The first-order valence-electron chi connectivity index (χ1n) is 3.26. The minimum Gasteiger partial charge on any atom is -0.388 e. The van der Waals surface area contributed by atoms with Gasteiger partial charge in [-0.15, -0.1) is 0 Å². The summed E-state index contributed by atoms with van der Waals surface area (Å²) in [5.41, 5.74) is 1.61. The first-order valence-corrected chi connectivity index (χ1v) is 3.64. The van der Waals surface area contributed by atoms with Crippen LogP contribution in [0.25, 0.3) is 0 Å². The van der Waals surface area contributed by atoms with Crippen molar-refractivity contribution >= 4 is 23.5 Å². The molecule has 0 saturated carbocycles. The molecular formula is C8H9ClN2. The van der Waals surface area contributed by atoms with Crippen LogP contribution in [0.2, 0.25) is 5.02 Å². The van der Waals surface area contributed by atoms with Crippen molar-refractivity contribution in [2.24, 2.45) is 0 Å². The quantitative estimate of drug-likeness (QED) is 0.654. The number of rotatable bonds is 2. The molecule has 0 heterocycles. The molecule has 1 aromatic rings. The summed E-state index contributed by atoms with van der Waals surface area (Å²) >= 11 is 5.82. The first kappa shape index (κ1) is 8.08. The Hall–Kier alpha value is -1.02. The van der Waals surface area contributed by atoms with E-state index in [0.29, 0.717) is 5.02 Å². The van der Waals surface area contributed by atoms with Crippen LogP contribution < -0.4 is 5.32 Å². The molecule has 3 heteroatoms. The van der Waals surface area contributed by atoms with E-state index in [1.54, 1.807) is 13.1 Å². The van der Waals surface area contributed by atoms with Crippen LogP contribution in [-0.4, -0.2) is 13.3 Å². The highest BCUT2D eigenvalue weighted by Gasteiger charge is 2.00. The van der Waals surface area contributed by atoms with E-state index in [4.69, 9.17) is 17.0 Å². The van der Waals surface area contributed by atoms with E-state index in [-0.39, 0.29) is 0 Å². The van der Waals surface area contributed by atoms with E-state index in [9.17, 15) is 0 Å². The minimum atomic E-state index is 0.604. The highest BCUT2D eigenvalue weighted by atomic mass is 35.5. The van der Waals surface area contributed by atoms with Gasteiger partial charge in [0.1, 0.15) is 0 Å². The molecule has 0 aliphatic heterocycles. The predicted molar refractivity (Wildman–Crippen MR) is 48.9 cm³/mol. The maximum absolute atomic E-state index is 7.08. The van der Waals surface area contributed by atoms with Crippen molar-refractivity contribution in [3.05, 3.63) is 28.8 Å². The van der Waals surface area contributed by atoms with Crippen molar-refractivity contribution in [2.45, 2.75) is 0 Å². The Kier molecular flexibility index (Phi) is 2.49. The van der Waals surface area contributed by atoms with Gasteiger partial charge in [-0.2, -0.15) is 0 Å². The molecule has 0 aliphatic carbocycles. The molecule has 0 unspecified atom stereocenters. The fraction of sp³-hybridized carbons (Fsp3) is 0.125. The van der Waals surface area contributed by atoms with Crippen LogP contribution in [0.3, 0.4) is 0 Å². The molecule has 0 radical (unpaired) electrons. The van der Waals surface area contributed by atoms with E-state index < -0.39 is 0 Å². The lowest BCUT2D eigenvalue weighted by Gasteiger charge is -2.04. The number of anilines is 1.